The predicted molar refractivity (Wildman–Crippen MR) is 78.8 cm³/mol. The van der Waals surface area contributed by atoms with E-state index in [0.29, 0.717) is 0 Å². The molecule has 2 aliphatic rings. The summed E-state index contributed by atoms with van der Waals surface area (Å²) in [7, 11) is 0. The minimum Gasteiger partial charge on any atom is -0.303 e. The molecular weight excluding hydrogens is 220 g/mol. The minimum atomic E-state index is 0.738. The first-order valence-corrected chi connectivity index (χ1v) is 8.01. The summed E-state index contributed by atoms with van der Waals surface area (Å²) in [5.41, 5.74) is 0. The molecular formula is C16H32N2. The van der Waals surface area contributed by atoms with E-state index in [9.17, 15) is 0 Å². The molecule has 2 rings (SSSR count). The molecule has 0 amide bonds. The van der Waals surface area contributed by atoms with Crippen molar-refractivity contribution in [2.45, 2.75) is 53.0 Å². The molecule has 106 valence electrons. The van der Waals surface area contributed by atoms with Crippen molar-refractivity contribution >= 4 is 0 Å². The second-order valence-corrected chi connectivity index (χ2v) is 7.29. The van der Waals surface area contributed by atoms with Crippen LogP contribution in [0, 0.1) is 17.8 Å². The minimum absolute atomic E-state index is 0.738. The number of likely N-dealkylation sites (tertiary alicyclic amines) is 2. The molecule has 2 nitrogen and oxygen atoms in total. The number of nitrogens with zero attached hydrogens (tertiary/aromatic N) is 2. The van der Waals surface area contributed by atoms with Crippen LogP contribution in [-0.2, 0) is 0 Å². The highest BCUT2D eigenvalue weighted by molar-refractivity contribution is 4.83. The van der Waals surface area contributed by atoms with Crippen molar-refractivity contribution in [2.24, 2.45) is 17.8 Å². The van der Waals surface area contributed by atoms with Crippen molar-refractivity contribution in [2.75, 3.05) is 32.7 Å². The molecule has 18 heavy (non-hydrogen) atoms. The summed E-state index contributed by atoms with van der Waals surface area (Å²) >= 11 is 0. The highest BCUT2D eigenvalue weighted by Gasteiger charge is 2.29. The number of rotatable bonds is 5. The third-order valence-electron chi connectivity index (χ3n) is 4.74. The topological polar surface area (TPSA) is 6.48 Å². The van der Waals surface area contributed by atoms with Crippen LogP contribution in [0.15, 0.2) is 0 Å². The molecule has 0 bridgehead atoms. The lowest BCUT2D eigenvalue weighted by Crippen LogP contribution is -2.32. The van der Waals surface area contributed by atoms with E-state index in [4.69, 9.17) is 0 Å². The van der Waals surface area contributed by atoms with E-state index in [1.165, 1.54) is 52.0 Å². The van der Waals surface area contributed by atoms with Crippen molar-refractivity contribution in [1.82, 2.24) is 9.80 Å². The SMILES string of the molecule is CC(C)C[C@H]1CCN(C[C@H]2CCN(C(C)C)C2)C1. The molecule has 0 saturated carbocycles. The summed E-state index contributed by atoms with van der Waals surface area (Å²) in [6.45, 7) is 16.1. The van der Waals surface area contributed by atoms with Crippen LogP contribution in [0.1, 0.15) is 47.0 Å². The Morgan fingerprint density at radius 2 is 1.67 bits per heavy atom. The normalized spacial score (nSPS) is 31.0. The zero-order chi connectivity index (χ0) is 13.1. The maximum atomic E-state index is 2.74. The van der Waals surface area contributed by atoms with Gasteiger partial charge in [-0.1, -0.05) is 13.8 Å². The fraction of sp³-hybridized carbons (Fsp3) is 1.00. The first-order chi connectivity index (χ1) is 8.54. The fourth-order valence-electron chi connectivity index (χ4n) is 3.78. The van der Waals surface area contributed by atoms with Gasteiger partial charge in [0, 0.05) is 25.7 Å². The molecule has 2 aliphatic heterocycles. The second kappa shape index (κ2) is 6.38. The molecule has 2 fully saturated rings. The molecule has 0 aromatic heterocycles. The quantitative estimate of drug-likeness (QED) is 0.742. The molecule has 0 aromatic rings. The third kappa shape index (κ3) is 3.96. The monoisotopic (exact) mass is 252 g/mol. The van der Waals surface area contributed by atoms with E-state index < -0.39 is 0 Å². The van der Waals surface area contributed by atoms with E-state index >= 15 is 0 Å². The molecule has 2 saturated heterocycles. The van der Waals surface area contributed by atoms with Gasteiger partial charge < -0.3 is 9.80 Å². The maximum Gasteiger partial charge on any atom is 0.00387 e. The average molecular weight is 252 g/mol. The van der Waals surface area contributed by atoms with Gasteiger partial charge >= 0.3 is 0 Å². The fourth-order valence-corrected chi connectivity index (χ4v) is 3.78. The van der Waals surface area contributed by atoms with Crippen molar-refractivity contribution in [3.05, 3.63) is 0 Å². The Hall–Kier alpha value is -0.0800. The van der Waals surface area contributed by atoms with Crippen LogP contribution < -0.4 is 0 Å². The van der Waals surface area contributed by atoms with Crippen LogP contribution in [0.25, 0.3) is 0 Å². The van der Waals surface area contributed by atoms with Crippen LogP contribution in [0.4, 0.5) is 0 Å². The Bertz CT molecular complexity index is 249. The van der Waals surface area contributed by atoms with Gasteiger partial charge in [0.15, 0.2) is 0 Å². The van der Waals surface area contributed by atoms with E-state index in [-0.39, 0.29) is 0 Å². The zero-order valence-corrected chi connectivity index (χ0v) is 12.9. The van der Waals surface area contributed by atoms with Gasteiger partial charge in [0.25, 0.3) is 0 Å². The lowest BCUT2D eigenvalue weighted by Gasteiger charge is -2.23. The lowest BCUT2D eigenvalue weighted by molar-refractivity contribution is 0.233. The van der Waals surface area contributed by atoms with Gasteiger partial charge in [0.05, 0.1) is 0 Å². The Kier molecular flexibility index (Phi) is 5.08. The highest BCUT2D eigenvalue weighted by Crippen LogP contribution is 2.26. The third-order valence-corrected chi connectivity index (χ3v) is 4.74. The molecule has 0 aliphatic carbocycles. The molecule has 0 aromatic carbocycles. The van der Waals surface area contributed by atoms with E-state index in [1.807, 2.05) is 0 Å². The molecule has 2 atom stereocenters. The standard InChI is InChI=1S/C16H32N2/c1-13(2)9-15-5-7-17(10-15)11-16-6-8-18(12-16)14(3)4/h13-16H,5-12H2,1-4H3/t15-,16-/m1/s1. The molecule has 2 heteroatoms. The van der Waals surface area contributed by atoms with Gasteiger partial charge in [-0.2, -0.15) is 0 Å². The summed E-state index contributed by atoms with van der Waals surface area (Å²) in [6.07, 6.45) is 4.29. The lowest BCUT2D eigenvalue weighted by atomic mass is 9.97. The maximum absolute atomic E-state index is 2.74. The Balaban J connectivity index is 1.69. The van der Waals surface area contributed by atoms with Crippen LogP contribution in [0.2, 0.25) is 0 Å². The smallest absolute Gasteiger partial charge is 0.00387 e. The molecule has 0 spiro atoms. The molecule has 0 radical (unpaired) electrons. The second-order valence-electron chi connectivity index (χ2n) is 7.29. The Morgan fingerprint density at radius 1 is 0.944 bits per heavy atom. The van der Waals surface area contributed by atoms with Crippen LogP contribution in [-0.4, -0.2) is 48.6 Å². The van der Waals surface area contributed by atoms with Crippen molar-refractivity contribution in [3.8, 4) is 0 Å². The van der Waals surface area contributed by atoms with E-state index in [1.54, 1.807) is 0 Å². The average Bonchev–Trinajstić information content (AvgIpc) is 2.88. The van der Waals surface area contributed by atoms with Gasteiger partial charge in [0.2, 0.25) is 0 Å². The number of hydrogen-bond acceptors (Lipinski definition) is 2. The van der Waals surface area contributed by atoms with Crippen LogP contribution in [0.5, 0.6) is 0 Å². The molecule has 0 unspecified atom stereocenters. The molecule has 2 heterocycles. The summed E-state index contributed by atoms with van der Waals surface area (Å²) < 4.78 is 0. The van der Waals surface area contributed by atoms with Gasteiger partial charge in [-0.15, -0.1) is 0 Å². The van der Waals surface area contributed by atoms with Crippen LogP contribution >= 0.6 is 0 Å². The van der Waals surface area contributed by atoms with Gasteiger partial charge in [0.1, 0.15) is 0 Å². The summed E-state index contributed by atoms with van der Waals surface area (Å²) in [5, 5.41) is 0. The van der Waals surface area contributed by atoms with Crippen molar-refractivity contribution in [1.29, 1.82) is 0 Å². The van der Waals surface area contributed by atoms with Gasteiger partial charge in [-0.25, -0.2) is 0 Å². The summed E-state index contributed by atoms with van der Waals surface area (Å²) in [5.74, 6) is 2.79. The molecule has 0 N–H and O–H groups in total. The predicted octanol–water partition coefficient (Wildman–Crippen LogP) is 3.08. The van der Waals surface area contributed by atoms with E-state index in [0.717, 1.165) is 23.8 Å². The van der Waals surface area contributed by atoms with E-state index in [2.05, 4.69) is 37.5 Å². The zero-order valence-electron chi connectivity index (χ0n) is 12.9. The van der Waals surface area contributed by atoms with Gasteiger partial charge in [-0.3, -0.25) is 0 Å². The first-order valence-electron chi connectivity index (χ1n) is 8.01. The number of hydrogen-bond donors (Lipinski definition) is 0. The Labute approximate surface area is 114 Å². The summed E-state index contributed by atoms with van der Waals surface area (Å²) in [6, 6.07) is 0.738. The highest BCUT2D eigenvalue weighted by atomic mass is 15.2. The van der Waals surface area contributed by atoms with Crippen LogP contribution in [0.3, 0.4) is 0 Å². The summed E-state index contributed by atoms with van der Waals surface area (Å²) in [4.78, 5) is 5.38. The van der Waals surface area contributed by atoms with Crippen molar-refractivity contribution < 1.29 is 0 Å². The first kappa shape index (κ1) is 14.3. The van der Waals surface area contributed by atoms with Crippen molar-refractivity contribution in [3.63, 3.8) is 0 Å². The van der Waals surface area contributed by atoms with Gasteiger partial charge in [-0.05, 0) is 64.0 Å². The largest absolute Gasteiger partial charge is 0.303 e. The Morgan fingerprint density at radius 3 is 2.28 bits per heavy atom.